The van der Waals surface area contributed by atoms with Crippen LogP contribution in [-0.2, 0) is 0 Å². The van der Waals surface area contributed by atoms with Crippen LogP contribution in [0, 0.1) is 19.7 Å². The minimum absolute atomic E-state index is 0.0674. The number of carbonyl (C=O) groups excluding carboxylic acids is 1. The lowest BCUT2D eigenvalue weighted by Gasteiger charge is -2.08. The third-order valence-electron chi connectivity index (χ3n) is 3.51. The summed E-state index contributed by atoms with van der Waals surface area (Å²) in [6, 6.07) is 11.2. The van der Waals surface area contributed by atoms with Crippen LogP contribution in [-0.4, -0.2) is 10.9 Å². The van der Waals surface area contributed by atoms with Gasteiger partial charge in [0.25, 0.3) is 5.91 Å². The van der Waals surface area contributed by atoms with Crippen molar-refractivity contribution in [3.63, 3.8) is 0 Å². The SMILES string of the molecule is Cc1nc(-c2ccc(NC(=O)c3c(F)cccc3Cl)cc2)c(C)o1. The highest BCUT2D eigenvalue weighted by Crippen LogP contribution is 2.25. The summed E-state index contributed by atoms with van der Waals surface area (Å²) in [5.74, 6) is 0.0566. The summed E-state index contributed by atoms with van der Waals surface area (Å²) < 4.78 is 19.2. The molecule has 0 aliphatic carbocycles. The molecule has 0 spiro atoms. The highest BCUT2D eigenvalue weighted by Gasteiger charge is 2.16. The van der Waals surface area contributed by atoms with Crippen LogP contribution in [0.3, 0.4) is 0 Å². The molecule has 1 amide bonds. The van der Waals surface area contributed by atoms with Crippen molar-refractivity contribution >= 4 is 23.2 Å². The predicted molar refractivity (Wildman–Crippen MR) is 90.8 cm³/mol. The lowest BCUT2D eigenvalue weighted by Crippen LogP contribution is -2.14. The number of nitrogens with zero attached hydrogens (tertiary/aromatic N) is 1. The standard InChI is InChI=1S/C18H14ClFN2O2/c1-10-17(21-11(2)24-10)12-6-8-13(9-7-12)22-18(23)16-14(19)4-3-5-15(16)20/h3-9H,1-2H3,(H,22,23). The molecule has 0 radical (unpaired) electrons. The summed E-state index contributed by atoms with van der Waals surface area (Å²) in [4.78, 5) is 16.5. The predicted octanol–water partition coefficient (Wildman–Crippen LogP) is 5.00. The lowest BCUT2D eigenvalue weighted by atomic mass is 10.1. The van der Waals surface area contributed by atoms with Gasteiger partial charge in [-0.3, -0.25) is 4.79 Å². The second-order valence-corrected chi connectivity index (χ2v) is 5.67. The molecule has 0 bridgehead atoms. The van der Waals surface area contributed by atoms with E-state index in [0.29, 0.717) is 11.6 Å². The molecular weight excluding hydrogens is 331 g/mol. The second-order valence-electron chi connectivity index (χ2n) is 5.27. The molecule has 1 heterocycles. The number of hydrogen-bond donors (Lipinski definition) is 1. The molecule has 122 valence electrons. The summed E-state index contributed by atoms with van der Waals surface area (Å²) in [6.07, 6.45) is 0. The first-order valence-electron chi connectivity index (χ1n) is 7.25. The molecule has 3 aromatic rings. The third-order valence-corrected chi connectivity index (χ3v) is 3.82. The van der Waals surface area contributed by atoms with Crippen molar-refractivity contribution in [2.75, 3.05) is 5.32 Å². The van der Waals surface area contributed by atoms with E-state index in [4.69, 9.17) is 16.0 Å². The Bertz CT molecular complexity index is 884. The number of nitrogens with one attached hydrogen (secondary N) is 1. The number of anilines is 1. The molecule has 1 N–H and O–H groups in total. The molecule has 6 heteroatoms. The number of rotatable bonds is 3. The van der Waals surface area contributed by atoms with Gasteiger partial charge in [0.2, 0.25) is 0 Å². The topological polar surface area (TPSA) is 55.1 Å². The van der Waals surface area contributed by atoms with Crippen LogP contribution in [0.4, 0.5) is 10.1 Å². The van der Waals surface area contributed by atoms with E-state index in [2.05, 4.69) is 10.3 Å². The number of aryl methyl sites for hydroxylation is 2. The number of halogens is 2. The summed E-state index contributed by atoms with van der Waals surface area (Å²) in [5.41, 5.74) is 1.97. The molecule has 3 rings (SSSR count). The Labute approximate surface area is 143 Å². The minimum Gasteiger partial charge on any atom is -0.446 e. The number of aromatic nitrogens is 1. The third kappa shape index (κ3) is 3.16. The fourth-order valence-corrected chi connectivity index (χ4v) is 2.67. The van der Waals surface area contributed by atoms with E-state index in [1.807, 2.05) is 19.1 Å². The maximum absolute atomic E-state index is 13.8. The van der Waals surface area contributed by atoms with Gasteiger partial charge in [-0.25, -0.2) is 9.37 Å². The smallest absolute Gasteiger partial charge is 0.260 e. The van der Waals surface area contributed by atoms with Crippen LogP contribution in [0.1, 0.15) is 22.0 Å². The molecular formula is C18H14ClFN2O2. The number of hydrogen-bond acceptors (Lipinski definition) is 3. The zero-order chi connectivity index (χ0) is 17.3. The zero-order valence-corrected chi connectivity index (χ0v) is 13.8. The Morgan fingerprint density at radius 2 is 1.88 bits per heavy atom. The van der Waals surface area contributed by atoms with Gasteiger partial charge in [-0.05, 0) is 31.2 Å². The van der Waals surface area contributed by atoms with Crippen molar-refractivity contribution in [3.8, 4) is 11.3 Å². The maximum atomic E-state index is 13.8. The van der Waals surface area contributed by atoms with Gasteiger partial charge < -0.3 is 9.73 Å². The molecule has 0 atom stereocenters. The Balaban J connectivity index is 1.82. The van der Waals surface area contributed by atoms with Gasteiger partial charge in [0, 0.05) is 18.2 Å². The van der Waals surface area contributed by atoms with Gasteiger partial charge in [0.1, 0.15) is 17.3 Å². The Morgan fingerprint density at radius 3 is 2.46 bits per heavy atom. The number of amides is 1. The van der Waals surface area contributed by atoms with Gasteiger partial charge in [-0.1, -0.05) is 29.8 Å². The van der Waals surface area contributed by atoms with Crippen molar-refractivity contribution in [2.24, 2.45) is 0 Å². The zero-order valence-electron chi connectivity index (χ0n) is 13.1. The van der Waals surface area contributed by atoms with E-state index in [1.165, 1.54) is 18.2 Å². The van der Waals surface area contributed by atoms with Gasteiger partial charge in [0.05, 0.1) is 10.6 Å². The van der Waals surface area contributed by atoms with E-state index in [9.17, 15) is 9.18 Å². The molecule has 24 heavy (non-hydrogen) atoms. The van der Waals surface area contributed by atoms with Crippen LogP contribution < -0.4 is 5.32 Å². The highest BCUT2D eigenvalue weighted by atomic mass is 35.5. The van der Waals surface area contributed by atoms with Gasteiger partial charge in [0.15, 0.2) is 5.89 Å². The van der Waals surface area contributed by atoms with Gasteiger partial charge >= 0.3 is 0 Å². The summed E-state index contributed by atoms with van der Waals surface area (Å²) in [6.45, 7) is 3.62. The van der Waals surface area contributed by atoms with Crippen molar-refractivity contribution in [1.82, 2.24) is 4.98 Å². The van der Waals surface area contributed by atoms with E-state index < -0.39 is 11.7 Å². The van der Waals surface area contributed by atoms with Crippen molar-refractivity contribution < 1.29 is 13.6 Å². The van der Waals surface area contributed by atoms with E-state index in [-0.39, 0.29) is 10.6 Å². The van der Waals surface area contributed by atoms with Crippen molar-refractivity contribution in [3.05, 3.63) is 70.5 Å². The van der Waals surface area contributed by atoms with Crippen molar-refractivity contribution in [1.29, 1.82) is 0 Å². The van der Waals surface area contributed by atoms with E-state index in [0.717, 1.165) is 17.0 Å². The lowest BCUT2D eigenvalue weighted by molar-refractivity contribution is 0.102. The first kappa shape index (κ1) is 16.2. The molecule has 4 nitrogen and oxygen atoms in total. The molecule has 0 unspecified atom stereocenters. The van der Waals surface area contributed by atoms with Gasteiger partial charge in [-0.15, -0.1) is 0 Å². The quantitative estimate of drug-likeness (QED) is 0.727. The Hall–Kier alpha value is -2.66. The molecule has 0 fully saturated rings. The summed E-state index contributed by atoms with van der Waals surface area (Å²) >= 11 is 5.90. The summed E-state index contributed by atoms with van der Waals surface area (Å²) in [5, 5.41) is 2.70. The fraction of sp³-hybridized carbons (Fsp3) is 0.111. The van der Waals surface area contributed by atoms with Gasteiger partial charge in [-0.2, -0.15) is 0 Å². The fourth-order valence-electron chi connectivity index (χ4n) is 2.42. The molecule has 0 aliphatic heterocycles. The normalized spacial score (nSPS) is 10.7. The first-order valence-corrected chi connectivity index (χ1v) is 7.63. The van der Waals surface area contributed by atoms with Crippen LogP contribution in [0.15, 0.2) is 46.9 Å². The van der Waals surface area contributed by atoms with Crippen LogP contribution in [0.25, 0.3) is 11.3 Å². The Kier molecular flexibility index (Phi) is 4.36. The highest BCUT2D eigenvalue weighted by molar-refractivity contribution is 6.34. The Morgan fingerprint density at radius 1 is 1.17 bits per heavy atom. The number of carbonyl (C=O) groups is 1. The molecule has 1 aromatic heterocycles. The average Bonchev–Trinajstić information content (AvgIpc) is 2.86. The molecule has 2 aromatic carbocycles. The molecule has 0 saturated carbocycles. The van der Waals surface area contributed by atoms with Crippen molar-refractivity contribution in [2.45, 2.75) is 13.8 Å². The maximum Gasteiger partial charge on any atom is 0.260 e. The van der Waals surface area contributed by atoms with Crippen LogP contribution in [0.2, 0.25) is 5.02 Å². The molecule has 0 saturated heterocycles. The summed E-state index contributed by atoms with van der Waals surface area (Å²) in [7, 11) is 0. The van der Waals surface area contributed by atoms with Crippen LogP contribution in [0.5, 0.6) is 0 Å². The largest absolute Gasteiger partial charge is 0.446 e. The average molecular weight is 345 g/mol. The van der Waals surface area contributed by atoms with E-state index >= 15 is 0 Å². The van der Waals surface area contributed by atoms with Crippen LogP contribution >= 0.6 is 11.6 Å². The second kappa shape index (κ2) is 6.45. The number of benzene rings is 2. The first-order chi connectivity index (χ1) is 11.5. The monoisotopic (exact) mass is 344 g/mol. The van der Waals surface area contributed by atoms with E-state index in [1.54, 1.807) is 19.1 Å². The molecule has 0 aliphatic rings. The number of oxazole rings is 1. The minimum atomic E-state index is -0.662.